The SMILES string of the molecule is N#CC(CCc1ccccc1)NCc1cccs1. The van der Waals surface area contributed by atoms with Crippen molar-refractivity contribution in [1.29, 1.82) is 5.26 Å². The monoisotopic (exact) mass is 256 g/mol. The molecule has 2 aromatic rings. The Balaban J connectivity index is 1.78. The molecule has 1 heterocycles. The van der Waals surface area contributed by atoms with Crippen LogP contribution >= 0.6 is 11.3 Å². The summed E-state index contributed by atoms with van der Waals surface area (Å²) in [5.74, 6) is 0. The number of benzene rings is 1. The Morgan fingerprint density at radius 1 is 1.17 bits per heavy atom. The van der Waals surface area contributed by atoms with Crippen molar-refractivity contribution in [3.8, 4) is 6.07 Å². The normalized spacial score (nSPS) is 11.9. The molecule has 0 aliphatic rings. The zero-order valence-corrected chi connectivity index (χ0v) is 11.0. The van der Waals surface area contributed by atoms with Gasteiger partial charge in [0.1, 0.15) is 0 Å². The van der Waals surface area contributed by atoms with Crippen LogP contribution in [-0.4, -0.2) is 6.04 Å². The second kappa shape index (κ2) is 6.95. The van der Waals surface area contributed by atoms with Crippen LogP contribution in [0.2, 0.25) is 0 Å². The van der Waals surface area contributed by atoms with Gasteiger partial charge in [-0.05, 0) is 29.9 Å². The van der Waals surface area contributed by atoms with Crippen molar-refractivity contribution in [2.24, 2.45) is 0 Å². The summed E-state index contributed by atoms with van der Waals surface area (Å²) in [5, 5.41) is 14.5. The lowest BCUT2D eigenvalue weighted by molar-refractivity contribution is 0.568. The number of hydrogen-bond acceptors (Lipinski definition) is 3. The van der Waals surface area contributed by atoms with Gasteiger partial charge in [-0.15, -0.1) is 11.3 Å². The van der Waals surface area contributed by atoms with E-state index in [-0.39, 0.29) is 6.04 Å². The second-order valence-electron chi connectivity index (χ2n) is 4.17. The maximum Gasteiger partial charge on any atom is 0.0959 e. The van der Waals surface area contributed by atoms with Gasteiger partial charge in [0.2, 0.25) is 0 Å². The first-order chi connectivity index (χ1) is 8.88. The van der Waals surface area contributed by atoms with Crippen LogP contribution in [0.4, 0.5) is 0 Å². The summed E-state index contributed by atoms with van der Waals surface area (Å²) >= 11 is 1.72. The Kier molecular flexibility index (Phi) is 4.95. The Hall–Kier alpha value is -1.63. The Morgan fingerprint density at radius 2 is 2.00 bits per heavy atom. The molecule has 1 unspecified atom stereocenters. The van der Waals surface area contributed by atoms with Gasteiger partial charge in [-0.2, -0.15) is 5.26 Å². The van der Waals surface area contributed by atoms with Gasteiger partial charge in [0.15, 0.2) is 0 Å². The molecule has 92 valence electrons. The van der Waals surface area contributed by atoms with Crippen molar-refractivity contribution >= 4 is 11.3 Å². The fourth-order valence-electron chi connectivity index (χ4n) is 1.80. The molecule has 0 amide bonds. The molecule has 0 aliphatic heterocycles. The summed E-state index contributed by atoms with van der Waals surface area (Å²) in [6, 6.07) is 16.7. The summed E-state index contributed by atoms with van der Waals surface area (Å²) in [6.45, 7) is 0.782. The van der Waals surface area contributed by atoms with Gasteiger partial charge < -0.3 is 0 Å². The number of aryl methyl sites for hydroxylation is 1. The van der Waals surface area contributed by atoms with Gasteiger partial charge >= 0.3 is 0 Å². The van der Waals surface area contributed by atoms with Crippen molar-refractivity contribution in [3.63, 3.8) is 0 Å². The average Bonchev–Trinajstić information content (AvgIpc) is 2.93. The number of hydrogen-bond donors (Lipinski definition) is 1. The maximum absolute atomic E-state index is 9.12. The van der Waals surface area contributed by atoms with Crippen molar-refractivity contribution in [2.75, 3.05) is 0 Å². The minimum atomic E-state index is -0.0766. The van der Waals surface area contributed by atoms with E-state index in [1.807, 2.05) is 24.3 Å². The summed E-state index contributed by atoms with van der Waals surface area (Å²) in [6.07, 6.45) is 1.79. The zero-order valence-electron chi connectivity index (χ0n) is 10.2. The topological polar surface area (TPSA) is 35.8 Å². The first-order valence-corrected chi connectivity index (χ1v) is 6.96. The van der Waals surface area contributed by atoms with E-state index < -0.39 is 0 Å². The van der Waals surface area contributed by atoms with E-state index in [9.17, 15) is 0 Å². The third-order valence-corrected chi connectivity index (χ3v) is 3.70. The van der Waals surface area contributed by atoms with Crippen LogP contribution in [0.15, 0.2) is 47.8 Å². The lowest BCUT2D eigenvalue weighted by Gasteiger charge is -2.10. The van der Waals surface area contributed by atoms with Crippen LogP contribution in [0.25, 0.3) is 0 Å². The summed E-state index contributed by atoms with van der Waals surface area (Å²) in [4.78, 5) is 1.27. The third kappa shape index (κ3) is 3.99. The van der Waals surface area contributed by atoms with Gasteiger partial charge in [-0.25, -0.2) is 0 Å². The quantitative estimate of drug-likeness (QED) is 0.860. The van der Waals surface area contributed by atoms with E-state index in [2.05, 4.69) is 35.0 Å². The van der Waals surface area contributed by atoms with Crippen molar-refractivity contribution < 1.29 is 0 Å². The van der Waals surface area contributed by atoms with Crippen LogP contribution < -0.4 is 5.32 Å². The van der Waals surface area contributed by atoms with E-state index >= 15 is 0 Å². The van der Waals surface area contributed by atoms with Crippen molar-refractivity contribution in [1.82, 2.24) is 5.32 Å². The molecule has 0 fully saturated rings. The van der Waals surface area contributed by atoms with Crippen LogP contribution in [-0.2, 0) is 13.0 Å². The number of nitriles is 1. The molecule has 0 spiro atoms. The fraction of sp³-hybridized carbons (Fsp3) is 0.267. The van der Waals surface area contributed by atoms with Gasteiger partial charge in [-0.1, -0.05) is 36.4 Å². The van der Waals surface area contributed by atoms with Gasteiger partial charge in [0.25, 0.3) is 0 Å². The largest absolute Gasteiger partial charge is 0.297 e. The number of rotatable bonds is 6. The molecular weight excluding hydrogens is 240 g/mol. The maximum atomic E-state index is 9.12. The molecule has 3 heteroatoms. The van der Waals surface area contributed by atoms with E-state index in [4.69, 9.17) is 5.26 Å². The molecule has 1 atom stereocenters. The first-order valence-electron chi connectivity index (χ1n) is 6.08. The lowest BCUT2D eigenvalue weighted by Crippen LogP contribution is -2.27. The fourth-order valence-corrected chi connectivity index (χ4v) is 2.46. The minimum absolute atomic E-state index is 0.0766. The molecular formula is C15H16N2S. The van der Waals surface area contributed by atoms with Crippen molar-refractivity contribution in [2.45, 2.75) is 25.4 Å². The van der Waals surface area contributed by atoms with Crippen LogP contribution in [0.3, 0.4) is 0 Å². The Labute approximate surface area is 112 Å². The van der Waals surface area contributed by atoms with Gasteiger partial charge in [0, 0.05) is 11.4 Å². The Bertz CT molecular complexity index is 485. The third-order valence-electron chi connectivity index (χ3n) is 2.82. The molecule has 0 aliphatic carbocycles. The van der Waals surface area contributed by atoms with Crippen LogP contribution in [0, 0.1) is 11.3 Å². The van der Waals surface area contributed by atoms with E-state index in [0.29, 0.717) is 0 Å². The number of thiophene rings is 1. The zero-order chi connectivity index (χ0) is 12.6. The average molecular weight is 256 g/mol. The second-order valence-corrected chi connectivity index (χ2v) is 5.20. The van der Waals surface area contributed by atoms with E-state index in [0.717, 1.165) is 19.4 Å². The van der Waals surface area contributed by atoms with Gasteiger partial charge in [0.05, 0.1) is 12.1 Å². The molecule has 1 N–H and O–H groups in total. The summed E-state index contributed by atoms with van der Waals surface area (Å²) in [7, 11) is 0. The highest BCUT2D eigenvalue weighted by molar-refractivity contribution is 7.09. The molecule has 18 heavy (non-hydrogen) atoms. The predicted octanol–water partition coefficient (Wildman–Crippen LogP) is 3.36. The van der Waals surface area contributed by atoms with Crippen molar-refractivity contribution in [3.05, 3.63) is 58.3 Å². The molecule has 0 bridgehead atoms. The molecule has 0 radical (unpaired) electrons. The number of nitrogens with one attached hydrogen (secondary N) is 1. The Morgan fingerprint density at radius 3 is 2.67 bits per heavy atom. The molecule has 1 aromatic carbocycles. The molecule has 0 saturated carbocycles. The number of nitrogens with zero attached hydrogens (tertiary/aromatic N) is 1. The first kappa shape index (κ1) is 12.8. The summed E-state index contributed by atoms with van der Waals surface area (Å²) < 4.78 is 0. The van der Waals surface area contributed by atoms with Crippen LogP contribution in [0.1, 0.15) is 16.9 Å². The highest BCUT2D eigenvalue weighted by Gasteiger charge is 2.07. The molecule has 2 rings (SSSR count). The minimum Gasteiger partial charge on any atom is -0.297 e. The van der Waals surface area contributed by atoms with Gasteiger partial charge in [-0.3, -0.25) is 5.32 Å². The van der Waals surface area contributed by atoms with E-state index in [1.54, 1.807) is 11.3 Å². The van der Waals surface area contributed by atoms with E-state index in [1.165, 1.54) is 10.4 Å². The predicted molar refractivity (Wildman–Crippen MR) is 75.3 cm³/mol. The van der Waals surface area contributed by atoms with Crippen LogP contribution in [0.5, 0.6) is 0 Å². The molecule has 1 aromatic heterocycles. The lowest BCUT2D eigenvalue weighted by atomic mass is 10.1. The molecule has 0 saturated heterocycles. The highest BCUT2D eigenvalue weighted by Crippen LogP contribution is 2.09. The highest BCUT2D eigenvalue weighted by atomic mass is 32.1. The molecule has 2 nitrogen and oxygen atoms in total. The smallest absolute Gasteiger partial charge is 0.0959 e. The standard InChI is InChI=1S/C15H16N2S/c16-11-14(17-12-15-7-4-10-18-15)9-8-13-5-2-1-3-6-13/h1-7,10,14,17H,8-9,12H2. The summed E-state index contributed by atoms with van der Waals surface area (Å²) in [5.41, 5.74) is 1.29.